The van der Waals surface area contributed by atoms with Crippen molar-refractivity contribution in [3.05, 3.63) is 29.8 Å². The van der Waals surface area contributed by atoms with Gasteiger partial charge in [0.2, 0.25) is 0 Å². The summed E-state index contributed by atoms with van der Waals surface area (Å²) in [4.78, 5) is 0. The summed E-state index contributed by atoms with van der Waals surface area (Å²) in [6.45, 7) is 2.40. The number of benzene rings is 1. The highest BCUT2D eigenvalue weighted by molar-refractivity contribution is 5.45. The molecular weight excluding hydrogens is 219 g/mol. The number of nitrogens with one attached hydrogen (secondary N) is 2. The first kappa shape index (κ1) is 12.8. The molecule has 0 aliphatic carbocycles. The molecule has 90 valence electrons. The van der Waals surface area contributed by atoms with Crippen LogP contribution in [0.4, 0.5) is 18.9 Å². The fraction of sp³-hybridized carbons (Fsp3) is 0.400. The minimum absolute atomic E-state index is 0.0438. The van der Waals surface area contributed by atoms with Crippen LogP contribution in [-0.4, -0.2) is 12.6 Å². The Morgan fingerprint density at radius 3 is 2.25 bits per heavy atom. The van der Waals surface area contributed by atoms with Gasteiger partial charge in [0.25, 0.3) is 0 Å². The molecule has 0 saturated heterocycles. The molecule has 0 aromatic heterocycles. The fourth-order valence-electron chi connectivity index (χ4n) is 1.11. The highest BCUT2D eigenvalue weighted by Crippen LogP contribution is 2.29. The van der Waals surface area contributed by atoms with E-state index in [-0.39, 0.29) is 6.04 Å². The van der Waals surface area contributed by atoms with Gasteiger partial charge >= 0.3 is 6.18 Å². The van der Waals surface area contributed by atoms with E-state index in [9.17, 15) is 13.2 Å². The van der Waals surface area contributed by atoms with E-state index < -0.39 is 11.7 Å². The van der Waals surface area contributed by atoms with Gasteiger partial charge in [-0.2, -0.15) is 13.2 Å². The monoisotopic (exact) mass is 233 g/mol. The van der Waals surface area contributed by atoms with E-state index in [1.54, 1.807) is 0 Å². The lowest BCUT2D eigenvalue weighted by atomic mass is 10.2. The van der Waals surface area contributed by atoms with E-state index in [0.29, 0.717) is 12.2 Å². The van der Waals surface area contributed by atoms with Crippen molar-refractivity contribution in [1.82, 2.24) is 5.43 Å². The van der Waals surface area contributed by atoms with Gasteiger partial charge in [-0.3, -0.25) is 11.3 Å². The first-order valence-corrected chi connectivity index (χ1v) is 4.80. The first-order chi connectivity index (χ1) is 7.43. The molecule has 0 heterocycles. The van der Waals surface area contributed by atoms with Crippen molar-refractivity contribution >= 4 is 5.69 Å². The Hall–Kier alpha value is -1.27. The van der Waals surface area contributed by atoms with Gasteiger partial charge in [-0.1, -0.05) is 0 Å². The summed E-state index contributed by atoms with van der Waals surface area (Å²) >= 11 is 0. The van der Waals surface area contributed by atoms with Crippen LogP contribution in [0.3, 0.4) is 0 Å². The highest BCUT2D eigenvalue weighted by atomic mass is 19.4. The van der Waals surface area contributed by atoms with Crippen molar-refractivity contribution in [2.45, 2.75) is 19.1 Å². The van der Waals surface area contributed by atoms with E-state index in [1.165, 1.54) is 12.1 Å². The molecule has 0 spiro atoms. The first-order valence-electron chi connectivity index (χ1n) is 4.80. The van der Waals surface area contributed by atoms with Crippen LogP contribution in [0.2, 0.25) is 0 Å². The molecule has 1 unspecified atom stereocenters. The Labute approximate surface area is 91.8 Å². The number of halogens is 3. The minimum atomic E-state index is -4.29. The Kier molecular flexibility index (Phi) is 4.14. The molecule has 0 radical (unpaired) electrons. The van der Waals surface area contributed by atoms with Gasteiger partial charge < -0.3 is 5.32 Å². The lowest BCUT2D eigenvalue weighted by molar-refractivity contribution is -0.137. The molecule has 1 aromatic carbocycles. The number of alkyl halides is 3. The largest absolute Gasteiger partial charge is 0.416 e. The maximum Gasteiger partial charge on any atom is 0.416 e. The van der Waals surface area contributed by atoms with Crippen LogP contribution in [0.5, 0.6) is 0 Å². The van der Waals surface area contributed by atoms with Crippen LogP contribution in [0.1, 0.15) is 12.5 Å². The highest BCUT2D eigenvalue weighted by Gasteiger charge is 2.29. The SMILES string of the molecule is CC(CNc1ccc(C(F)(F)F)cc1)NN. The minimum Gasteiger partial charge on any atom is -0.383 e. The number of hydrazine groups is 1. The molecule has 0 aliphatic rings. The van der Waals surface area contributed by atoms with Crippen molar-refractivity contribution in [2.24, 2.45) is 5.84 Å². The molecule has 3 nitrogen and oxygen atoms in total. The summed E-state index contributed by atoms with van der Waals surface area (Å²) in [5.41, 5.74) is 2.51. The number of nitrogens with two attached hydrogens (primary N) is 1. The van der Waals surface area contributed by atoms with Gasteiger partial charge in [0.15, 0.2) is 0 Å². The number of rotatable bonds is 4. The third kappa shape index (κ3) is 3.71. The van der Waals surface area contributed by atoms with Crippen LogP contribution < -0.4 is 16.6 Å². The molecule has 0 saturated carbocycles. The smallest absolute Gasteiger partial charge is 0.383 e. The van der Waals surface area contributed by atoms with Crippen LogP contribution in [-0.2, 0) is 6.18 Å². The van der Waals surface area contributed by atoms with Gasteiger partial charge in [0.05, 0.1) is 5.56 Å². The Morgan fingerprint density at radius 2 is 1.81 bits per heavy atom. The summed E-state index contributed by atoms with van der Waals surface area (Å²) in [6.07, 6.45) is -4.29. The summed E-state index contributed by atoms with van der Waals surface area (Å²) in [5.74, 6) is 5.18. The third-order valence-electron chi connectivity index (χ3n) is 2.11. The Bertz CT molecular complexity index is 321. The average molecular weight is 233 g/mol. The van der Waals surface area contributed by atoms with Crippen molar-refractivity contribution < 1.29 is 13.2 Å². The fourth-order valence-corrected chi connectivity index (χ4v) is 1.11. The van der Waals surface area contributed by atoms with Gasteiger partial charge in [0, 0.05) is 18.3 Å². The van der Waals surface area contributed by atoms with Crippen LogP contribution in [0, 0.1) is 0 Å². The molecule has 0 bridgehead atoms. The topological polar surface area (TPSA) is 50.1 Å². The van der Waals surface area contributed by atoms with Crippen LogP contribution in [0.15, 0.2) is 24.3 Å². The number of hydrogen-bond donors (Lipinski definition) is 3. The second-order valence-electron chi connectivity index (χ2n) is 3.52. The van der Waals surface area contributed by atoms with E-state index >= 15 is 0 Å². The van der Waals surface area contributed by atoms with E-state index in [1.807, 2.05) is 6.92 Å². The van der Waals surface area contributed by atoms with Crippen molar-refractivity contribution in [2.75, 3.05) is 11.9 Å². The molecule has 1 aromatic rings. The summed E-state index contributed by atoms with van der Waals surface area (Å²) < 4.78 is 36.7. The molecule has 1 rings (SSSR count). The molecular formula is C10H14F3N3. The predicted molar refractivity (Wildman–Crippen MR) is 56.7 cm³/mol. The van der Waals surface area contributed by atoms with Gasteiger partial charge in [-0.25, -0.2) is 0 Å². The van der Waals surface area contributed by atoms with E-state index in [2.05, 4.69) is 10.7 Å². The molecule has 16 heavy (non-hydrogen) atoms. The van der Waals surface area contributed by atoms with Crippen LogP contribution >= 0.6 is 0 Å². The average Bonchev–Trinajstić information content (AvgIpc) is 2.25. The predicted octanol–water partition coefficient (Wildman–Crippen LogP) is 1.97. The van der Waals surface area contributed by atoms with Crippen molar-refractivity contribution in [3.8, 4) is 0 Å². The lowest BCUT2D eigenvalue weighted by Gasteiger charge is -2.13. The quantitative estimate of drug-likeness (QED) is 0.550. The van der Waals surface area contributed by atoms with E-state index in [0.717, 1.165) is 12.1 Å². The molecule has 0 aliphatic heterocycles. The number of anilines is 1. The second kappa shape index (κ2) is 5.18. The zero-order valence-electron chi connectivity index (χ0n) is 8.81. The summed E-state index contributed by atoms with van der Waals surface area (Å²) in [6, 6.07) is 4.92. The molecule has 0 fully saturated rings. The zero-order chi connectivity index (χ0) is 12.2. The van der Waals surface area contributed by atoms with Gasteiger partial charge in [0.1, 0.15) is 0 Å². The lowest BCUT2D eigenvalue weighted by Crippen LogP contribution is -2.37. The second-order valence-corrected chi connectivity index (χ2v) is 3.52. The van der Waals surface area contributed by atoms with Crippen molar-refractivity contribution in [3.63, 3.8) is 0 Å². The molecule has 6 heteroatoms. The third-order valence-corrected chi connectivity index (χ3v) is 2.11. The van der Waals surface area contributed by atoms with Crippen molar-refractivity contribution in [1.29, 1.82) is 0 Å². The summed E-state index contributed by atoms with van der Waals surface area (Å²) in [7, 11) is 0. The molecule has 1 atom stereocenters. The Balaban J connectivity index is 2.58. The molecule has 0 amide bonds. The van der Waals surface area contributed by atoms with Crippen LogP contribution in [0.25, 0.3) is 0 Å². The van der Waals surface area contributed by atoms with Gasteiger partial charge in [-0.05, 0) is 31.2 Å². The summed E-state index contributed by atoms with van der Waals surface area (Å²) in [5, 5.41) is 2.96. The standard InChI is InChI=1S/C10H14F3N3/c1-7(16-14)6-15-9-4-2-8(3-5-9)10(11,12)13/h2-5,7,15-16H,6,14H2,1H3. The number of hydrogen-bond acceptors (Lipinski definition) is 3. The zero-order valence-corrected chi connectivity index (χ0v) is 8.81. The normalized spacial score (nSPS) is 13.6. The Morgan fingerprint density at radius 1 is 1.25 bits per heavy atom. The van der Waals surface area contributed by atoms with E-state index in [4.69, 9.17) is 5.84 Å². The maximum absolute atomic E-state index is 12.2. The van der Waals surface area contributed by atoms with Gasteiger partial charge in [-0.15, -0.1) is 0 Å². The molecule has 4 N–H and O–H groups in total. The maximum atomic E-state index is 12.2.